The molecule has 0 radical (unpaired) electrons. The Morgan fingerprint density at radius 1 is 1.38 bits per heavy atom. The Bertz CT molecular complexity index is 525. The monoisotopic (exact) mass is 290 g/mol. The molecular weight excluding hydrogens is 264 g/mol. The lowest BCUT2D eigenvalue weighted by molar-refractivity contribution is -0.183. The molecule has 0 unspecified atom stereocenters. The van der Waals surface area contributed by atoms with Gasteiger partial charge in [0.25, 0.3) is 0 Å². The van der Waals surface area contributed by atoms with Crippen molar-refractivity contribution in [3.8, 4) is 0 Å². The Hall–Kier alpha value is -1.42. The second-order valence-corrected chi connectivity index (χ2v) is 7.23. The van der Waals surface area contributed by atoms with Crippen LogP contribution in [-0.4, -0.2) is 29.6 Å². The van der Waals surface area contributed by atoms with Gasteiger partial charge in [-0.15, -0.1) is 0 Å². The van der Waals surface area contributed by atoms with Gasteiger partial charge in [-0.25, -0.2) is 0 Å². The molecule has 0 aromatic carbocycles. The molecule has 1 saturated carbocycles. The summed E-state index contributed by atoms with van der Waals surface area (Å²) in [6, 6.07) is 5.78. The number of amides is 1. The molecule has 1 aromatic heterocycles. The van der Waals surface area contributed by atoms with Crippen molar-refractivity contribution in [1.29, 1.82) is 0 Å². The Kier molecular flexibility index (Phi) is 3.87. The normalized spacial score (nSPS) is 27.8. The van der Waals surface area contributed by atoms with Crippen LogP contribution in [0.1, 0.15) is 46.7 Å². The highest BCUT2D eigenvalue weighted by Crippen LogP contribution is 2.51. The molecule has 0 saturated heterocycles. The van der Waals surface area contributed by atoms with Gasteiger partial charge in [0.15, 0.2) is 0 Å². The van der Waals surface area contributed by atoms with Crippen molar-refractivity contribution in [3.05, 3.63) is 30.1 Å². The molecule has 4 heteroatoms. The lowest BCUT2D eigenvalue weighted by Gasteiger charge is -2.59. The van der Waals surface area contributed by atoms with E-state index >= 15 is 0 Å². The highest BCUT2D eigenvalue weighted by molar-refractivity contribution is 5.87. The summed E-state index contributed by atoms with van der Waals surface area (Å²) in [5.41, 5.74) is -0.122. The lowest BCUT2D eigenvalue weighted by Crippen LogP contribution is -2.69. The fraction of sp³-hybridized carbons (Fsp3) is 0.647. The van der Waals surface area contributed by atoms with E-state index in [-0.39, 0.29) is 23.0 Å². The van der Waals surface area contributed by atoms with Crippen molar-refractivity contribution in [2.45, 2.75) is 58.1 Å². The van der Waals surface area contributed by atoms with E-state index in [1.807, 2.05) is 32.0 Å². The van der Waals surface area contributed by atoms with Gasteiger partial charge in [-0.05, 0) is 39.3 Å². The van der Waals surface area contributed by atoms with Crippen molar-refractivity contribution in [2.24, 2.45) is 5.41 Å². The SMILES string of the molecule is CO[C@@]1(C)C[C@H](NC(=O)C(C)(C)c2ccccn2)C1(C)C. The summed E-state index contributed by atoms with van der Waals surface area (Å²) in [6.07, 6.45) is 2.56. The minimum Gasteiger partial charge on any atom is -0.378 e. The van der Waals surface area contributed by atoms with Gasteiger partial charge in [-0.2, -0.15) is 0 Å². The Morgan fingerprint density at radius 2 is 2.05 bits per heavy atom. The van der Waals surface area contributed by atoms with Gasteiger partial charge >= 0.3 is 0 Å². The minimum absolute atomic E-state index is 0.0115. The molecule has 2 atom stereocenters. The van der Waals surface area contributed by atoms with Gasteiger partial charge < -0.3 is 10.1 Å². The van der Waals surface area contributed by atoms with Crippen LogP contribution in [0, 0.1) is 5.41 Å². The number of carbonyl (C=O) groups excluding carboxylic acids is 1. The number of hydrogen-bond acceptors (Lipinski definition) is 3. The van der Waals surface area contributed by atoms with Gasteiger partial charge in [0.1, 0.15) is 0 Å². The molecule has 21 heavy (non-hydrogen) atoms. The second-order valence-electron chi connectivity index (χ2n) is 7.23. The van der Waals surface area contributed by atoms with Crippen molar-refractivity contribution in [2.75, 3.05) is 7.11 Å². The van der Waals surface area contributed by atoms with E-state index in [1.54, 1.807) is 13.3 Å². The van der Waals surface area contributed by atoms with E-state index < -0.39 is 5.41 Å². The first-order valence-corrected chi connectivity index (χ1v) is 7.43. The van der Waals surface area contributed by atoms with Crippen LogP contribution in [0.5, 0.6) is 0 Å². The molecule has 116 valence electrons. The highest BCUT2D eigenvalue weighted by Gasteiger charge is 2.58. The maximum absolute atomic E-state index is 12.7. The highest BCUT2D eigenvalue weighted by atomic mass is 16.5. The van der Waals surface area contributed by atoms with Gasteiger partial charge in [-0.1, -0.05) is 19.9 Å². The smallest absolute Gasteiger partial charge is 0.231 e. The van der Waals surface area contributed by atoms with E-state index in [4.69, 9.17) is 4.74 Å². The van der Waals surface area contributed by atoms with E-state index in [0.717, 1.165) is 12.1 Å². The molecule has 0 aliphatic heterocycles. The first kappa shape index (κ1) is 16.0. The standard InChI is InChI=1S/C17H26N2O2/c1-15(2,12-9-7-8-10-18-12)14(20)19-13-11-17(5,21-6)16(13,3)4/h7-10,13H,11H2,1-6H3,(H,19,20)/t13-,17-/m0/s1. The molecule has 1 aliphatic rings. The summed E-state index contributed by atoms with van der Waals surface area (Å²) in [5.74, 6) is 0.0115. The van der Waals surface area contributed by atoms with Crippen molar-refractivity contribution in [3.63, 3.8) is 0 Å². The van der Waals surface area contributed by atoms with Crippen LogP contribution >= 0.6 is 0 Å². The first-order chi connectivity index (χ1) is 9.65. The average Bonchev–Trinajstić information content (AvgIpc) is 2.47. The molecule has 1 aliphatic carbocycles. The molecule has 2 rings (SSSR count). The average molecular weight is 290 g/mol. The predicted octanol–water partition coefficient (Wildman–Crippen LogP) is 2.68. The van der Waals surface area contributed by atoms with Crippen LogP contribution in [0.3, 0.4) is 0 Å². The van der Waals surface area contributed by atoms with Crippen molar-refractivity contribution in [1.82, 2.24) is 10.3 Å². The molecule has 0 spiro atoms. The van der Waals surface area contributed by atoms with Crippen LogP contribution in [0.2, 0.25) is 0 Å². The zero-order valence-corrected chi connectivity index (χ0v) is 13.9. The molecule has 1 amide bonds. The second kappa shape index (κ2) is 5.09. The minimum atomic E-state index is -0.642. The topological polar surface area (TPSA) is 51.2 Å². The maximum atomic E-state index is 12.7. The molecular formula is C17H26N2O2. The molecule has 1 aromatic rings. The summed E-state index contributed by atoms with van der Waals surface area (Å²) >= 11 is 0. The summed E-state index contributed by atoms with van der Waals surface area (Å²) in [5, 5.41) is 3.18. The number of methoxy groups -OCH3 is 1. The molecule has 0 bridgehead atoms. The van der Waals surface area contributed by atoms with E-state index in [9.17, 15) is 4.79 Å². The zero-order chi connectivity index (χ0) is 15.9. The third kappa shape index (κ3) is 2.46. The number of rotatable bonds is 4. The third-order valence-electron chi connectivity index (χ3n) is 5.46. The summed E-state index contributed by atoms with van der Waals surface area (Å²) < 4.78 is 5.61. The van der Waals surface area contributed by atoms with Gasteiger partial charge in [0, 0.05) is 24.8 Å². The van der Waals surface area contributed by atoms with E-state index in [0.29, 0.717) is 0 Å². The van der Waals surface area contributed by atoms with Gasteiger partial charge in [-0.3, -0.25) is 9.78 Å². The Balaban J connectivity index is 2.10. The van der Waals surface area contributed by atoms with Gasteiger partial charge in [0.2, 0.25) is 5.91 Å². The molecule has 1 N–H and O–H groups in total. The number of carbonyl (C=O) groups is 1. The largest absolute Gasteiger partial charge is 0.378 e. The van der Waals surface area contributed by atoms with E-state index in [1.165, 1.54) is 0 Å². The first-order valence-electron chi connectivity index (χ1n) is 7.43. The Morgan fingerprint density at radius 3 is 2.52 bits per heavy atom. The number of pyridine rings is 1. The molecule has 1 fully saturated rings. The number of hydrogen-bond donors (Lipinski definition) is 1. The number of nitrogens with zero attached hydrogens (tertiary/aromatic N) is 1. The zero-order valence-electron chi connectivity index (χ0n) is 13.9. The third-order valence-corrected chi connectivity index (χ3v) is 5.46. The quantitative estimate of drug-likeness (QED) is 0.927. The molecule has 1 heterocycles. The van der Waals surface area contributed by atoms with Crippen LogP contribution in [0.15, 0.2) is 24.4 Å². The maximum Gasteiger partial charge on any atom is 0.231 e. The predicted molar refractivity (Wildman–Crippen MR) is 83.0 cm³/mol. The van der Waals surface area contributed by atoms with Crippen LogP contribution in [0.25, 0.3) is 0 Å². The molecule has 4 nitrogen and oxygen atoms in total. The Labute approximate surface area is 127 Å². The number of aromatic nitrogens is 1. The van der Waals surface area contributed by atoms with Gasteiger partial charge in [0.05, 0.1) is 16.7 Å². The number of ether oxygens (including phenoxy) is 1. The van der Waals surface area contributed by atoms with Crippen LogP contribution in [-0.2, 0) is 14.9 Å². The van der Waals surface area contributed by atoms with Crippen LogP contribution in [0.4, 0.5) is 0 Å². The number of nitrogens with one attached hydrogen (secondary N) is 1. The fourth-order valence-electron chi connectivity index (χ4n) is 2.91. The van der Waals surface area contributed by atoms with Crippen molar-refractivity contribution >= 4 is 5.91 Å². The summed E-state index contributed by atoms with van der Waals surface area (Å²) in [7, 11) is 1.73. The lowest BCUT2D eigenvalue weighted by atomic mass is 9.55. The van der Waals surface area contributed by atoms with Crippen LogP contribution < -0.4 is 5.32 Å². The van der Waals surface area contributed by atoms with Crippen molar-refractivity contribution < 1.29 is 9.53 Å². The summed E-state index contributed by atoms with van der Waals surface area (Å²) in [4.78, 5) is 17.0. The summed E-state index contributed by atoms with van der Waals surface area (Å²) in [6.45, 7) is 10.2. The fourth-order valence-corrected chi connectivity index (χ4v) is 2.91. The van der Waals surface area contributed by atoms with E-state index in [2.05, 4.69) is 31.1 Å².